The molecule has 1 heterocycles. The van der Waals surface area contributed by atoms with Crippen LogP contribution >= 0.6 is 35.3 Å². The maximum Gasteiger partial charge on any atom is 0.191 e. The largest absolute Gasteiger partial charge is 0.378 e. The van der Waals surface area contributed by atoms with E-state index in [1.807, 2.05) is 20.3 Å². The van der Waals surface area contributed by atoms with E-state index in [0.717, 1.165) is 17.5 Å². The first-order valence-electron chi connectivity index (χ1n) is 7.78. The van der Waals surface area contributed by atoms with E-state index < -0.39 is 0 Å². The minimum Gasteiger partial charge on any atom is -0.378 e. The molecule has 0 fully saturated rings. The van der Waals surface area contributed by atoms with E-state index in [1.54, 1.807) is 11.3 Å². The van der Waals surface area contributed by atoms with Crippen LogP contribution in [0.25, 0.3) is 0 Å². The Hall–Kier alpha value is -1.35. The summed E-state index contributed by atoms with van der Waals surface area (Å²) >= 11 is 1.71. The number of benzene rings is 1. The van der Waals surface area contributed by atoms with Crippen molar-refractivity contribution < 1.29 is 0 Å². The Morgan fingerprint density at radius 2 is 1.92 bits per heavy atom. The van der Waals surface area contributed by atoms with Gasteiger partial charge in [-0.2, -0.15) is 0 Å². The highest BCUT2D eigenvalue weighted by molar-refractivity contribution is 14.0. The second-order valence-electron chi connectivity index (χ2n) is 5.47. The maximum absolute atomic E-state index is 4.64. The number of nitrogens with one attached hydrogen (secondary N) is 2. The van der Waals surface area contributed by atoms with Crippen LogP contribution in [-0.4, -0.2) is 31.6 Å². The third-order valence-electron chi connectivity index (χ3n) is 3.29. The third-order valence-corrected chi connectivity index (χ3v) is 4.21. The lowest BCUT2D eigenvalue weighted by molar-refractivity contribution is 0.811. The van der Waals surface area contributed by atoms with Crippen molar-refractivity contribution in [3.8, 4) is 0 Å². The number of hydrogen-bond donors (Lipinski definition) is 2. The molecule has 0 atom stereocenters. The number of aliphatic imine (C=N–C) groups is 1. The van der Waals surface area contributed by atoms with Gasteiger partial charge < -0.3 is 15.5 Å². The zero-order chi connectivity index (χ0) is 16.7. The standard InChI is InChI=1S/C17H25N5S.HI/c1-5-18-17(21-12-16-19-10-13(2)23-16)20-11-14-6-8-15(9-7-14)22(3)4;/h6-10H,5,11-12H2,1-4H3,(H2,18,20,21);1H. The van der Waals surface area contributed by atoms with Gasteiger partial charge in [-0.3, -0.25) is 0 Å². The molecule has 0 bridgehead atoms. The second-order valence-corrected chi connectivity index (χ2v) is 6.79. The predicted octanol–water partition coefficient (Wildman–Crippen LogP) is 3.39. The number of nitrogens with zero attached hydrogens (tertiary/aromatic N) is 3. The minimum absolute atomic E-state index is 0. The topological polar surface area (TPSA) is 52.6 Å². The lowest BCUT2D eigenvalue weighted by Gasteiger charge is -2.13. The first-order chi connectivity index (χ1) is 11.1. The molecule has 0 aliphatic rings. The van der Waals surface area contributed by atoms with Crippen molar-refractivity contribution in [2.24, 2.45) is 4.99 Å². The van der Waals surface area contributed by atoms with Gasteiger partial charge in [0, 0.05) is 37.4 Å². The monoisotopic (exact) mass is 459 g/mol. The SMILES string of the molecule is CCNC(=NCc1ccc(N(C)C)cc1)NCc1ncc(C)s1.I. The van der Waals surface area contributed by atoms with E-state index in [0.29, 0.717) is 13.1 Å². The Kier molecular flexibility index (Phi) is 9.05. The molecule has 1 aromatic heterocycles. The van der Waals surface area contributed by atoms with Crippen LogP contribution in [0.1, 0.15) is 22.4 Å². The summed E-state index contributed by atoms with van der Waals surface area (Å²) in [6.45, 7) is 6.32. The lowest BCUT2D eigenvalue weighted by Crippen LogP contribution is -2.36. The molecular weight excluding hydrogens is 433 g/mol. The molecule has 5 nitrogen and oxygen atoms in total. The van der Waals surface area contributed by atoms with E-state index in [1.165, 1.54) is 16.1 Å². The fraction of sp³-hybridized carbons (Fsp3) is 0.412. The second kappa shape index (κ2) is 10.5. The van der Waals surface area contributed by atoms with Gasteiger partial charge in [0.05, 0.1) is 13.1 Å². The summed E-state index contributed by atoms with van der Waals surface area (Å²) in [5.74, 6) is 0.817. The highest BCUT2D eigenvalue weighted by Crippen LogP contribution is 2.13. The summed E-state index contributed by atoms with van der Waals surface area (Å²) in [6.07, 6.45) is 1.90. The quantitative estimate of drug-likeness (QED) is 0.395. The van der Waals surface area contributed by atoms with Crippen molar-refractivity contribution in [2.45, 2.75) is 26.9 Å². The number of aromatic nitrogens is 1. The van der Waals surface area contributed by atoms with Crippen molar-refractivity contribution >= 4 is 47.0 Å². The Balaban J connectivity index is 0.00000288. The maximum atomic E-state index is 4.64. The zero-order valence-electron chi connectivity index (χ0n) is 14.7. The van der Waals surface area contributed by atoms with Gasteiger partial charge in [-0.1, -0.05) is 12.1 Å². The van der Waals surface area contributed by atoms with Crippen LogP contribution in [0.5, 0.6) is 0 Å². The van der Waals surface area contributed by atoms with E-state index >= 15 is 0 Å². The average Bonchev–Trinajstić information content (AvgIpc) is 2.96. The van der Waals surface area contributed by atoms with Crippen LogP contribution < -0.4 is 15.5 Å². The molecule has 0 saturated carbocycles. The third kappa shape index (κ3) is 6.64. The fourth-order valence-electron chi connectivity index (χ4n) is 2.05. The highest BCUT2D eigenvalue weighted by Gasteiger charge is 2.02. The molecule has 2 aromatic rings. The summed E-state index contributed by atoms with van der Waals surface area (Å²) in [7, 11) is 4.08. The molecule has 2 N–H and O–H groups in total. The molecule has 0 radical (unpaired) electrons. The summed E-state index contributed by atoms with van der Waals surface area (Å²) in [6, 6.07) is 8.46. The molecule has 0 amide bonds. The molecule has 0 aliphatic heterocycles. The first kappa shape index (κ1) is 20.7. The van der Waals surface area contributed by atoms with Gasteiger partial charge in [0.1, 0.15) is 5.01 Å². The van der Waals surface area contributed by atoms with Crippen LogP contribution in [0.15, 0.2) is 35.5 Å². The molecule has 132 valence electrons. The van der Waals surface area contributed by atoms with Gasteiger partial charge in [0.25, 0.3) is 0 Å². The minimum atomic E-state index is 0. The van der Waals surface area contributed by atoms with Crippen LogP contribution in [0, 0.1) is 6.92 Å². The van der Waals surface area contributed by atoms with Crippen molar-refractivity contribution in [3.05, 3.63) is 45.9 Å². The smallest absolute Gasteiger partial charge is 0.191 e. The van der Waals surface area contributed by atoms with Crippen LogP contribution in [0.4, 0.5) is 5.69 Å². The normalized spacial score (nSPS) is 10.9. The fourth-order valence-corrected chi connectivity index (χ4v) is 2.78. The van der Waals surface area contributed by atoms with E-state index in [-0.39, 0.29) is 24.0 Å². The van der Waals surface area contributed by atoms with Crippen molar-refractivity contribution in [1.29, 1.82) is 0 Å². The molecule has 7 heteroatoms. The number of anilines is 1. The number of guanidine groups is 1. The van der Waals surface area contributed by atoms with E-state index in [9.17, 15) is 0 Å². The van der Waals surface area contributed by atoms with E-state index in [4.69, 9.17) is 0 Å². The van der Waals surface area contributed by atoms with Crippen LogP contribution in [0.2, 0.25) is 0 Å². The lowest BCUT2D eigenvalue weighted by atomic mass is 10.2. The summed E-state index contributed by atoms with van der Waals surface area (Å²) in [5, 5.41) is 7.67. The van der Waals surface area contributed by atoms with Crippen molar-refractivity contribution in [2.75, 3.05) is 25.5 Å². The van der Waals surface area contributed by atoms with Gasteiger partial charge >= 0.3 is 0 Å². The van der Waals surface area contributed by atoms with Crippen molar-refractivity contribution in [1.82, 2.24) is 15.6 Å². The van der Waals surface area contributed by atoms with Gasteiger partial charge in [-0.25, -0.2) is 9.98 Å². The number of halogens is 1. The summed E-state index contributed by atoms with van der Waals surface area (Å²) in [4.78, 5) is 12.3. The number of thiazole rings is 1. The molecule has 0 saturated heterocycles. The predicted molar refractivity (Wildman–Crippen MR) is 115 cm³/mol. The number of aryl methyl sites for hydroxylation is 1. The molecule has 0 aliphatic carbocycles. The van der Waals surface area contributed by atoms with Crippen LogP contribution in [0.3, 0.4) is 0 Å². The molecule has 0 spiro atoms. The summed E-state index contributed by atoms with van der Waals surface area (Å²) in [5.41, 5.74) is 2.39. The van der Waals surface area contributed by atoms with Crippen LogP contribution in [-0.2, 0) is 13.1 Å². The molecule has 2 rings (SSSR count). The van der Waals surface area contributed by atoms with Gasteiger partial charge in [-0.15, -0.1) is 35.3 Å². The highest BCUT2D eigenvalue weighted by atomic mass is 127. The van der Waals surface area contributed by atoms with Crippen molar-refractivity contribution in [3.63, 3.8) is 0 Å². The Labute approximate surface area is 165 Å². The van der Waals surface area contributed by atoms with E-state index in [2.05, 4.69) is 63.6 Å². The molecular formula is C17H26IN5S. The Morgan fingerprint density at radius 1 is 1.21 bits per heavy atom. The first-order valence-corrected chi connectivity index (χ1v) is 8.60. The number of hydrogen-bond acceptors (Lipinski definition) is 4. The summed E-state index contributed by atoms with van der Waals surface area (Å²) < 4.78 is 0. The Morgan fingerprint density at radius 3 is 2.46 bits per heavy atom. The average molecular weight is 459 g/mol. The van der Waals surface area contributed by atoms with Gasteiger partial charge in [0.2, 0.25) is 0 Å². The zero-order valence-corrected chi connectivity index (χ0v) is 17.8. The molecule has 0 unspecified atom stereocenters. The van der Waals surface area contributed by atoms with Gasteiger partial charge in [0.15, 0.2) is 5.96 Å². The molecule has 24 heavy (non-hydrogen) atoms. The number of rotatable bonds is 6. The Bertz CT molecular complexity index is 637. The van der Waals surface area contributed by atoms with Gasteiger partial charge in [-0.05, 0) is 31.5 Å². The molecule has 1 aromatic carbocycles.